The van der Waals surface area contributed by atoms with Gasteiger partial charge in [-0.2, -0.15) is 5.10 Å². The van der Waals surface area contributed by atoms with Crippen LogP contribution in [0, 0.1) is 5.92 Å². The van der Waals surface area contributed by atoms with E-state index in [4.69, 9.17) is 4.98 Å². The minimum absolute atomic E-state index is 0.156. The van der Waals surface area contributed by atoms with E-state index in [1.54, 1.807) is 10.9 Å². The molecule has 0 amide bonds. The summed E-state index contributed by atoms with van der Waals surface area (Å²) in [6.45, 7) is 2.10. The number of fused-ring (bicyclic) bond motifs is 1. The molecular weight excluding hydrogens is 328 g/mol. The fourth-order valence-corrected chi connectivity index (χ4v) is 3.93. The Morgan fingerprint density at radius 3 is 2.88 bits per heavy atom. The Morgan fingerprint density at radius 2 is 2.08 bits per heavy atom. The second kappa shape index (κ2) is 7.03. The smallest absolute Gasteiger partial charge is 0.262 e. The number of benzene rings is 1. The minimum atomic E-state index is -0.310. The number of aliphatic hydroxyl groups excluding tert-OH is 1. The summed E-state index contributed by atoms with van der Waals surface area (Å²) in [5, 5.41) is 15.1. The largest absolute Gasteiger partial charge is 0.393 e. The Kier molecular flexibility index (Phi) is 4.59. The maximum Gasteiger partial charge on any atom is 0.262 e. The van der Waals surface area contributed by atoms with E-state index in [9.17, 15) is 9.90 Å². The highest BCUT2D eigenvalue weighted by atomic mass is 16.3. The van der Waals surface area contributed by atoms with Gasteiger partial charge in [-0.25, -0.2) is 9.67 Å². The Morgan fingerprint density at radius 1 is 1.27 bits per heavy atom. The van der Waals surface area contributed by atoms with Gasteiger partial charge < -0.3 is 10.1 Å². The maximum atomic E-state index is 12.5. The summed E-state index contributed by atoms with van der Waals surface area (Å²) >= 11 is 0. The molecule has 1 aromatic carbocycles. The molecule has 26 heavy (non-hydrogen) atoms. The van der Waals surface area contributed by atoms with Crippen molar-refractivity contribution in [1.29, 1.82) is 0 Å². The molecule has 6 nitrogen and oxygen atoms in total. The molecular formula is C20H24N4O2. The van der Waals surface area contributed by atoms with Crippen molar-refractivity contribution in [1.82, 2.24) is 19.7 Å². The third-order valence-corrected chi connectivity index (χ3v) is 5.41. The number of para-hydroxylation sites is 1. The summed E-state index contributed by atoms with van der Waals surface area (Å²) in [5.41, 5.74) is 2.51. The highest BCUT2D eigenvalue weighted by Gasteiger charge is 2.24. The molecule has 2 atom stereocenters. The predicted octanol–water partition coefficient (Wildman–Crippen LogP) is 2.76. The van der Waals surface area contributed by atoms with Crippen LogP contribution in [0.1, 0.15) is 44.0 Å². The summed E-state index contributed by atoms with van der Waals surface area (Å²) in [5.74, 6) is 0.785. The lowest BCUT2D eigenvalue weighted by atomic mass is 9.84. The van der Waals surface area contributed by atoms with Crippen LogP contribution in [0.4, 0.5) is 0 Å². The van der Waals surface area contributed by atoms with Crippen molar-refractivity contribution in [3.63, 3.8) is 0 Å². The summed E-state index contributed by atoms with van der Waals surface area (Å²) in [7, 11) is 0. The summed E-state index contributed by atoms with van der Waals surface area (Å²) in [6.07, 6.45) is 6.73. The zero-order chi connectivity index (χ0) is 18.1. The molecule has 3 aromatic rings. The summed E-state index contributed by atoms with van der Waals surface area (Å²) in [4.78, 5) is 20.1. The molecule has 136 valence electrons. The van der Waals surface area contributed by atoms with Gasteiger partial charge in [0.15, 0.2) is 5.65 Å². The molecule has 0 spiro atoms. The Balaban J connectivity index is 1.77. The Labute approximate surface area is 151 Å². The van der Waals surface area contributed by atoms with Gasteiger partial charge in [-0.3, -0.25) is 4.79 Å². The number of aromatic nitrogens is 4. The van der Waals surface area contributed by atoms with Gasteiger partial charge >= 0.3 is 0 Å². The molecule has 1 fully saturated rings. The topological polar surface area (TPSA) is 83.8 Å². The normalized spacial score (nSPS) is 20.5. The molecule has 4 rings (SSSR count). The van der Waals surface area contributed by atoms with Crippen LogP contribution in [0.25, 0.3) is 16.7 Å². The first kappa shape index (κ1) is 17.0. The minimum Gasteiger partial charge on any atom is -0.393 e. The standard InChI is InChI=1S/C20H24N4O2/c1-2-13-7-3-5-9-16(13)24-19-15(12-21-24)20(26)23-18(22-19)11-14-8-4-6-10-17(14)25/h3,5,7,9,12,14,17,25H,2,4,6,8,10-11H2,1H3,(H,22,23,26)/t14-,17+/m1/s1. The van der Waals surface area contributed by atoms with Crippen molar-refractivity contribution in [2.24, 2.45) is 5.92 Å². The number of nitrogens with zero attached hydrogens (tertiary/aromatic N) is 3. The van der Waals surface area contributed by atoms with Gasteiger partial charge in [0, 0.05) is 6.42 Å². The third kappa shape index (κ3) is 3.05. The van der Waals surface area contributed by atoms with E-state index >= 15 is 0 Å². The van der Waals surface area contributed by atoms with Crippen LogP contribution in [0.15, 0.2) is 35.3 Å². The van der Waals surface area contributed by atoms with Crippen LogP contribution in [0.3, 0.4) is 0 Å². The van der Waals surface area contributed by atoms with Gasteiger partial charge in [0.2, 0.25) is 0 Å². The quantitative estimate of drug-likeness (QED) is 0.756. The van der Waals surface area contributed by atoms with Gasteiger partial charge in [-0.1, -0.05) is 38.0 Å². The number of aromatic amines is 1. The van der Waals surface area contributed by atoms with Crippen molar-refractivity contribution in [3.8, 4) is 5.69 Å². The van der Waals surface area contributed by atoms with Crippen molar-refractivity contribution >= 4 is 11.0 Å². The third-order valence-electron chi connectivity index (χ3n) is 5.41. The highest BCUT2D eigenvalue weighted by molar-refractivity contribution is 5.75. The Bertz CT molecular complexity index is 975. The predicted molar refractivity (Wildman–Crippen MR) is 101 cm³/mol. The van der Waals surface area contributed by atoms with Gasteiger partial charge in [0.05, 0.1) is 18.0 Å². The second-order valence-electron chi connectivity index (χ2n) is 7.10. The average molecular weight is 352 g/mol. The first-order chi connectivity index (χ1) is 12.7. The van der Waals surface area contributed by atoms with E-state index in [-0.39, 0.29) is 17.6 Å². The molecule has 1 aliphatic rings. The number of aryl methyl sites for hydroxylation is 1. The number of hydrogen-bond acceptors (Lipinski definition) is 4. The van der Waals surface area contributed by atoms with E-state index in [0.29, 0.717) is 23.3 Å². The van der Waals surface area contributed by atoms with Crippen molar-refractivity contribution < 1.29 is 5.11 Å². The molecule has 1 aliphatic carbocycles. The summed E-state index contributed by atoms with van der Waals surface area (Å²) < 4.78 is 1.75. The molecule has 0 unspecified atom stereocenters. The van der Waals surface area contributed by atoms with Crippen LogP contribution >= 0.6 is 0 Å². The van der Waals surface area contributed by atoms with Crippen LogP contribution in [-0.4, -0.2) is 31.0 Å². The van der Waals surface area contributed by atoms with Crippen LogP contribution in [-0.2, 0) is 12.8 Å². The summed E-state index contributed by atoms with van der Waals surface area (Å²) in [6, 6.07) is 8.03. The molecule has 1 saturated carbocycles. The van der Waals surface area contributed by atoms with E-state index < -0.39 is 0 Å². The fourth-order valence-electron chi connectivity index (χ4n) is 3.93. The molecule has 0 saturated heterocycles. The fraction of sp³-hybridized carbons (Fsp3) is 0.450. The van der Waals surface area contributed by atoms with Gasteiger partial charge in [-0.05, 0) is 36.8 Å². The number of H-pyrrole nitrogens is 1. The number of hydrogen-bond donors (Lipinski definition) is 2. The van der Waals surface area contributed by atoms with Crippen molar-refractivity contribution in [2.75, 3.05) is 0 Å². The van der Waals surface area contributed by atoms with Crippen LogP contribution < -0.4 is 5.56 Å². The molecule has 6 heteroatoms. The lowest BCUT2D eigenvalue weighted by molar-refractivity contribution is 0.0690. The highest BCUT2D eigenvalue weighted by Crippen LogP contribution is 2.27. The maximum absolute atomic E-state index is 12.5. The molecule has 0 aliphatic heterocycles. The molecule has 0 bridgehead atoms. The lowest BCUT2D eigenvalue weighted by Gasteiger charge is -2.27. The van der Waals surface area contributed by atoms with E-state index in [1.807, 2.05) is 18.2 Å². The van der Waals surface area contributed by atoms with Gasteiger partial charge in [0.25, 0.3) is 5.56 Å². The van der Waals surface area contributed by atoms with Crippen molar-refractivity contribution in [3.05, 3.63) is 52.2 Å². The molecule has 2 heterocycles. The first-order valence-corrected chi connectivity index (χ1v) is 9.40. The Hall–Kier alpha value is -2.47. The first-order valence-electron chi connectivity index (χ1n) is 9.40. The molecule has 0 radical (unpaired) electrons. The zero-order valence-electron chi connectivity index (χ0n) is 15.0. The second-order valence-corrected chi connectivity index (χ2v) is 7.10. The van der Waals surface area contributed by atoms with Gasteiger partial charge in [0.1, 0.15) is 11.2 Å². The number of nitrogens with one attached hydrogen (secondary N) is 1. The van der Waals surface area contributed by atoms with E-state index in [0.717, 1.165) is 43.4 Å². The van der Waals surface area contributed by atoms with E-state index in [2.05, 4.69) is 23.1 Å². The van der Waals surface area contributed by atoms with Crippen LogP contribution in [0.2, 0.25) is 0 Å². The van der Waals surface area contributed by atoms with E-state index in [1.165, 1.54) is 0 Å². The van der Waals surface area contributed by atoms with Gasteiger partial charge in [-0.15, -0.1) is 0 Å². The van der Waals surface area contributed by atoms with Crippen LogP contribution in [0.5, 0.6) is 0 Å². The lowest BCUT2D eigenvalue weighted by Crippen LogP contribution is -2.27. The average Bonchev–Trinajstić information content (AvgIpc) is 3.08. The molecule has 2 N–H and O–H groups in total. The zero-order valence-corrected chi connectivity index (χ0v) is 15.0. The SMILES string of the molecule is CCc1ccccc1-n1ncc2c(=O)[nH]c(C[C@H]3CCCC[C@@H]3O)nc21. The molecule has 2 aromatic heterocycles. The van der Waals surface area contributed by atoms with Crippen molar-refractivity contribution in [2.45, 2.75) is 51.6 Å². The number of aliphatic hydroxyl groups is 1. The number of rotatable bonds is 4. The monoisotopic (exact) mass is 352 g/mol.